The van der Waals surface area contributed by atoms with Gasteiger partial charge in [-0.15, -0.1) is 0 Å². The summed E-state index contributed by atoms with van der Waals surface area (Å²) >= 11 is 11.3. The molecular formula is C12H12Cl2N2O2. The van der Waals surface area contributed by atoms with E-state index in [1.165, 1.54) is 4.90 Å². The summed E-state index contributed by atoms with van der Waals surface area (Å²) in [6.45, 7) is 1.79. The van der Waals surface area contributed by atoms with Gasteiger partial charge in [0.05, 0.1) is 11.4 Å². The lowest BCUT2D eigenvalue weighted by atomic mass is 10.2. The number of benzene rings is 1. The number of hydrogen-bond acceptors (Lipinski definition) is 2. The van der Waals surface area contributed by atoms with Crippen LogP contribution in [0.2, 0.25) is 0 Å². The summed E-state index contributed by atoms with van der Waals surface area (Å²) < 4.78 is 0. The molecule has 0 spiro atoms. The summed E-state index contributed by atoms with van der Waals surface area (Å²) in [5.74, 6) is -0.555. The lowest BCUT2D eigenvalue weighted by Crippen LogP contribution is -2.41. The zero-order valence-corrected chi connectivity index (χ0v) is 11.2. The number of nitrogens with one attached hydrogen (secondary N) is 1. The molecule has 0 fully saturated rings. The molecule has 2 amide bonds. The van der Waals surface area contributed by atoms with Crippen molar-refractivity contribution in [2.75, 3.05) is 10.2 Å². The van der Waals surface area contributed by atoms with E-state index in [1.54, 1.807) is 31.2 Å². The van der Waals surface area contributed by atoms with Crippen LogP contribution in [0.15, 0.2) is 24.3 Å². The van der Waals surface area contributed by atoms with Gasteiger partial charge in [-0.1, -0.05) is 35.3 Å². The van der Waals surface area contributed by atoms with Gasteiger partial charge in [0.1, 0.15) is 0 Å². The number of anilines is 2. The van der Waals surface area contributed by atoms with E-state index in [9.17, 15) is 9.59 Å². The summed E-state index contributed by atoms with van der Waals surface area (Å²) in [5, 5.41) is 2.76. The van der Waals surface area contributed by atoms with Crippen LogP contribution in [-0.4, -0.2) is 22.7 Å². The molecule has 0 radical (unpaired) electrons. The Labute approximate surface area is 115 Å². The van der Waals surface area contributed by atoms with Gasteiger partial charge in [0.25, 0.3) is 5.91 Å². The van der Waals surface area contributed by atoms with Gasteiger partial charge >= 0.3 is 0 Å². The minimum Gasteiger partial charge on any atom is -0.324 e. The topological polar surface area (TPSA) is 49.4 Å². The van der Waals surface area contributed by atoms with E-state index < -0.39 is 10.7 Å². The van der Waals surface area contributed by atoms with Crippen molar-refractivity contribution in [3.63, 3.8) is 0 Å². The first-order chi connectivity index (χ1) is 8.50. The molecule has 1 aromatic rings. The van der Waals surface area contributed by atoms with E-state index in [2.05, 4.69) is 5.32 Å². The summed E-state index contributed by atoms with van der Waals surface area (Å²) in [5.41, 5.74) is 1.21. The highest BCUT2D eigenvalue weighted by molar-refractivity contribution is 6.54. The molecular weight excluding hydrogens is 275 g/mol. The Balaban J connectivity index is 2.50. The maximum absolute atomic E-state index is 12.1. The maximum atomic E-state index is 12.1. The molecule has 0 aliphatic carbocycles. The van der Waals surface area contributed by atoms with E-state index in [1.807, 2.05) is 0 Å². The number of hydrogen-bond donors (Lipinski definition) is 1. The van der Waals surface area contributed by atoms with E-state index in [0.29, 0.717) is 11.4 Å². The zero-order valence-electron chi connectivity index (χ0n) is 9.69. The van der Waals surface area contributed by atoms with E-state index in [4.69, 9.17) is 23.2 Å². The van der Waals surface area contributed by atoms with Gasteiger partial charge in [-0.05, 0) is 19.1 Å². The largest absolute Gasteiger partial charge is 0.324 e. The van der Waals surface area contributed by atoms with Crippen LogP contribution in [0.4, 0.5) is 11.4 Å². The number of carbonyl (C=O) groups is 2. The van der Waals surface area contributed by atoms with Crippen molar-refractivity contribution in [2.24, 2.45) is 0 Å². The highest BCUT2D eigenvalue weighted by atomic mass is 35.5. The molecule has 1 N–H and O–H groups in total. The standard InChI is InChI=1S/C12H12Cl2N2O2/c1-7-6-10(17)15-8-4-2-3-5-9(8)16(7)12(18)11(13)14/h2-5,7,11H,6H2,1H3,(H,15,17). The quantitative estimate of drug-likeness (QED) is 0.807. The first-order valence-corrected chi connectivity index (χ1v) is 6.38. The van der Waals surface area contributed by atoms with Crippen molar-refractivity contribution in [3.8, 4) is 0 Å². The van der Waals surface area contributed by atoms with Gasteiger partial charge in [-0.2, -0.15) is 0 Å². The minimum atomic E-state index is -1.14. The molecule has 96 valence electrons. The molecule has 1 atom stereocenters. The predicted molar refractivity (Wildman–Crippen MR) is 72.1 cm³/mol. The van der Waals surface area contributed by atoms with Gasteiger partial charge in [0.2, 0.25) is 5.91 Å². The highest BCUT2D eigenvalue weighted by Crippen LogP contribution is 2.32. The molecule has 1 heterocycles. The molecule has 1 aromatic carbocycles. The molecule has 2 rings (SSSR count). The average Bonchev–Trinajstić information content (AvgIpc) is 2.42. The summed E-state index contributed by atoms with van der Waals surface area (Å²) in [6, 6.07) is 6.78. The van der Waals surface area contributed by atoms with Crippen LogP contribution in [0.3, 0.4) is 0 Å². The number of carbonyl (C=O) groups excluding carboxylic acids is 2. The second-order valence-corrected chi connectivity index (χ2v) is 5.22. The Morgan fingerprint density at radius 3 is 2.78 bits per heavy atom. The van der Waals surface area contributed by atoms with Crippen molar-refractivity contribution >= 4 is 46.4 Å². The predicted octanol–water partition coefficient (Wildman–Crippen LogP) is 2.55. The highest BCUT2D eigenvalue weighted by Gasteiger charge is 2.31. The fourth-order valence-corrected chi connectivity index (χ4v) is 2.24. The minimum absolute atomic E-state index is 0.133. The number of rotatable bonds is 1. The third kappa shape index (κ3) is 2.44. The molecule has 18 heavy (non-hydrogen) atoms. The first-order valence-electron chi connectivity index (χ1n) is 5.51. The average molecular weight is 287 g/mol. The monoisotopic (exact) mass is 286 g/mol. The Morgan fingerprint density at radius 1 is 1.44 bits per heavy atom. The van der Waals surface area contributed by atoms with Crippen molar-refractivity contribution in [1.82, 2.24) is 0 Å². The van der Waals surface area contributed by atoms with Gasteiger partial charge in [0, 0.05) is 12.5 Å². The lowest BCUT2D eigenvalue weighted by Gasteiger charge is -2.28. The summed E-state index contributed by atoms with van der Waals surface area (Å²) in [6.07, 6.45) is 0.209. The van der Waals surface area contributed by atoms with Crippen molar-refractivity contribution in [1.29, 1.82) is 0 Å². The lowest BCUT2D eigenvalue weighted by molar-refractivity contribution is -0.118. The second kappa shape index (κ2) is 5.16. The maximum Gasteiger partial charge on any atom is 0.260 e. The van der Waals surface area contributed by atoms with Gasteiger partial charge in [0.15, 0.2) is 4.84 Å². The Morgan fingerprint density at radius 2 is 2.11 bits per heavy atom. The van der Waals surface area contributed by atoms with Crippen LogP contribution < -0.4 is 10.2 Å². The Bertz CT molecular complexity index is 491. The fraction of sp³-hybridized carbons (Fsp3) is 0.333. The van der Waals surface area contributed by atoms with Gasteiger partial charge in [-0.3, -0.25) is 9.59 Å². The number of alkyl halides is 2. The Kier molecular flexibility index (Phi) is 3.78. The van der Waals surface area contributed by atoms with Crippen LogP contribution >= 0.6 is 23.2 Å². The van der Waals surface area contributed by atoms with Crippen molar-refractivity contribution in [2.45, 2.75) is 24.2 Å². The molecule has 0 bridgehead atoms. The van der Waals surface area contributed by atoms with Crippen LogP contribution in [0.1, 0.15) is 13.3 Å². The third-order valence-electron chi connectivity index (χ3n) is 2.78. The van der Waals surface area contributed by atoms with Crippen molar-refractivity contribution < 1.29 is 9.59 Å². The van der Waals surface area contributed by atoms with Crippen LogP contribution in [0, 0.1) is 0 Å². The molecule has 0 saturated heterocycles. The van der Waals surface area contributed by atoms with Crippen molar-refractivity contribution in [3.05, 3.63) is 24.3 Å². The van der Waals surface area contributed by atoms with Gasteiger partial charge in [-0.25, -0.2) is 0 Å². The molecule has 6 heteroatoms. The number of nitrogens with zero attached hydrogens (tertiary/aromatic N) is 1. The van der Waals surface area contributed by atoms with Crippen LogP contribution in [-0.2, 0) is 9.59 Å². The smallest absolute Gasteiger partial charge is 0.260 e. The third-order valence-corrected chi connectivity index (χ3v) is 3.16. The van der Waals surface area contributed by atoms with E-state index in [0.717, 1.165) is 0 Å². The van der Waals surface area contributed by atoms with Gasteiger partial charge < -0.3 is 10.2 Å². The zero-order chi connectivity index (χ0) is 13.3. The molecule has 1 unspecified atom stereocenters. The number of amides is 2. The van der Waals surface area contributed by atoms with Crippen LogP contribution in [0.5, 0.6) is 0 Å². The number of para-hydroxylation sites is 2. The SMILES string of the molecule is CC1CC(=O)Nc2ccccc2N1C(=O)C(Cl)Cl. The molecule has 1 aliphatic rings. The Hall–Kier alpha value is -1.26. The molecule has 1 aliphatic heterocycles. The molecule has 0 saturated carbocycles. The summed E-state index contributed by atoms with van der Waals surface area (Å²) in [4.78, 5) is 24.1. The van der Waals surface area contributed by atoms with E-state index >= 15 is 0 Å². The number of halogens is 2. The molecule has 4 nitrogen and oxygen atoms in total. The van der Waals surface area contributed by atoms with Crippen LogP contribution in [0.25, 0.3) is 0 Å². The normalized spacial score (nSPS) is 19.2. The number of fused-ring (bicyclic) bond motifs is 1. The fourth-order valence-electron chi connectivity index (χ4n) is 2.03. The molecule has 0 aromatic heterocycles. The first kappa shape index (κ1) is 13.2. The summed E-state index contributed by atoms with van der Waals surface area (Å²) in [7, 11) is 0. The van der Waals surface area contributed by atoms with E-state index in [-0.39, 0.29) is 18.4 Å². The second-order valence-electron chi connectivity index (χ2n) is 4.13.